The normalized spacial score (nSPS) is 10.6. The Hall–Kier alpha value is -1.20. The number of aromatic nitrogens is 3. The Balaban J connectivity index is 2.49. The van der Waals surface area contributed by atoms with Gasteiger partial charge in [-0.25, -0.2) is 4.68 Å². The standard InChI is InChI=1S/C10H11BrN4/c1-7-9(11)3-2-4-10(7)15-6-8(5-12)13-14-15/h2-4,6H,5,12H2,1H3. The van der Waals surface area contributed by atoms with Gasteiger partial charge in [-0.05, 0) is 24.6 Å². The van der Waals surface area contributed by atoms with E-state index in [2.05, 4.69) is 26.2 Å². The number of hydrogen-bond acceptors (Lipinski definition) is 3. The summed E-state index contributed by atoms with van der Waals surface area (Å²) >= 11 is 3.48. The van der Waals surface area contributed by atoms with Crippen LogP contribution in [0.5, 0.6) is 0 Å². The monoisotopic (exact) mass is 266 g/mol. The lowest BCUT2D eigenvalue weighted by Crippen LogP contribution is -1.98. The molecule has 2 aromatic rings. The summed E-state index contributed by atoms with van der Waals surface area (Å²) in [6.45, 7) is 2.44. The van der Waals surface area contributed by atoms with Crippen molar-refractivity contribution < 1.29 is 0 Å². The summed E-state index contributed by atoms with van der Waals surface area (Å²) in [5, 5.41) is 7.98. The Labute approximate surface area is 96.2 Å². The second-order valence-electron chi connectivity index (χ2n) is 3.24. The molecule has 0 saturated heterocycles. The quantitative estimate of drug-likeness (QED) is 0.902. The minimum atomic E-state index is 0.410. The van der Waals surface area contributed by atoms with Crippen molar-refractivity contribution >= 4 is 15.9 Å². The maximum Gasteiger partial charge on any atom is 0.0967 e. The molecule has 0 aliphatic heterocycles. The van der Waals surface area contributed by atoms with Crippen LogP contribution in [0.4, 0.5) is 0 Å². The Morgan fingerprint density at radius 2 is 2.27 bits per heavy atom. The Morgan fingerprint density at radius 1 is 1.47 bits per heavy atom. The summed E-state index contributed by atoms with van der Waals surface area (Å²) in [5.74, 6) is 0. The van der Waals surface area contributed by atoms with E-state index in [0.29, 0.717) is 6.54 Å². The molecule has 78 valence electrons. The van der Waals surface area contributed by atoms with Crippen molar-refractivity contribution in [2.75, 3.05) is 0 Å². The Bertz CT molecular complexity index is 478. The van der Waals surface area contributed by atoms with Crippen LogP contribution in [0.2, 0.25) is 0 Å². The zero-order chi connectivity index (χ0) is 10.8. The molecule has 5 heteroatoms. The van der Waals surface area contributed by atoms with Gasteiger partial charge in [-0.1, -0.05) is 27.2 Å². The van der Waals surface area contributed by atoms with Gasteiger partial charge >= 0.3 is 0 Å². The van der Waals surface area contributed by atoms with Crippen LogP contribution in [0, 0.1) is 6.92 Å². The number of nitrogens with zero attached hydrogens (tertiary/aromatic N) is 3. The molecule has 1 aromatic heterocycles. The minimum Gasteiger partial charge on any atom is -0.325 e. The molecule has 0 spiro atoms. The molecule has 0 aliphatic carbocycles. The van der Waals surface area contributed by atoms with Gasteiger partial charge in [0.1, 0.15) is 0 Å². The third-order valence-electron chi connectivity index (χ3n) is 2.24. The van der Waals surface area contributed by atoms with Crippen molar-refractivity contribution in [1.82, 2.24) is 15.0 Å². The number of rotatable bonds is 2. The van der Waals surface area contributed by atoms with Crippen LogP contribution in [-0.2, 0) is 6.54 Å². The largest absolute Gasteiger partial charge is 0.325 e. The zero-order valence-electron chi connectivity index (χ0n) is 8.31. The average molecular weight is 267 g/mol. The van der Waals surface area contributed by atoms with E-state index in [9.17, 15) is 0 Å². The van der Waals surface area contributed by atoms with E-state index >= 15 is 0 Å². The lowest BCUT2D eigenvalue weighted by molar-refractivity contribution is 0.792. The number of halogens is 1. The van der Waals surface area contributed by atoms with Gasteiger partial charge in [0.2, 0.25) is 0 Å². The molecule has 0 saturated carbocycles. The summed E-state index contributed by atoms with van der Waals surface area (Å²) in [5.41, 5.74) is 8.41. The maximum absolute atomic E-state index is 5.48. The van der Waals surface area contributed by atoms with Gasteiger partial charge in [-0.15, -0.1) is 5.10 Å². The summed E-state index contributed by atoms with van der Waals surface area (Å²) in [6.07, 6.45) is 1.84. The molecule has 0 bridgehead atoms. The Morgan fingerprint density at radius 3 is 2.93 bits per heavy atom. The van der Waals surface area contributed by atoms with Gasteiger partial charge in [0.05, 0.1) is 17.6 Å². The van der Waals surface area contributed by atoms with E-state index in [0.717, 1.165) is 21.4 Å². The molecule has 1 aromatic carbocycles. The summed E-state index contributed by atoms with van der Waals surface area (Å²) in [4.78, 5) is 0. The van der Waals surface area contributed by atoms with Gasteiger partial charge in [0.25, 0.3) is 0 Å². The minimum absolute atomic E-state index is 0.410. The molecule has 2 rings (SSSR count). The molecular formula is C10H11BrN4. The highest BCUT2D eigenvalue weighted by atomic mass is 79.9. The van der Waals surface area contributed by atoms with Crippen LogP contribution < -0.4 is 5.73 Å². The van der Waals surface area contributed by atoms with E-state index in [4.69, 9.17) is 5.73 Å². The molecule has 0 aliphatic rings. The van der Waals surface area contributed by atoms with Crippen molar-refractivity contribution in [2.45, 2.75) is 13.5 Å². The van der Waals surface area contributed by atoms with E-state index < -0.39 is 0 Å². The highest BCUT2D eigenvalue weighted by Gasteiger charge is 2.06. The SMILES string of the molecule is Cc1c(Br)cccc1-n1cc(CN)nn1. The highest BCUT2D eigenvalue weighted by molar-refractivity contribution is 9.10. The van der Waals surface area contributed by atoms with Crippen LogP contribution in [0.3, 0.4) is 0 Å². The van der Waals surface area contributed by atoms with E-state index in [1.807, 2.05) is 31.3 Å². The first kappa shape index (κ1) is 10.3. The van der Waals surface area contributed by atoms with Crippen molar-refractivity contribution in [1.29, 1.82) is 0 Å². The van der Waals surface area contributed by atoms with Crippen LogP contribution in [-0.4, -0.2) is 15.0 Å². The second kappa shape index (κ2) is 4.12. The lowest BCUT2D eigenvalue weighted by atomic mass is 10.2. The predicted octanol–water partition coefficient (Wildman–Crippen LogP) is 1.80. The maximum atomic E-state index is 5.48. The molecule has 0 amide bonds. The molecule has 0 radical (unpaired) electrons. The zero-order valence-corrected chi connectivity index (χ0v) is 9.90. The predicted molar refractivity (Wildman–Crippen MR) is 61.7 cm³/mol. The fraction of sp³-hybridized carbons (Fsp3) is 0.200. The first-order valence-corrected chi connectivity index (χ1v) is 5.38. The van der Waals surface area contributed by atoms with Gasteiger partial charge < -0.3 is 5.73 Å². The van der Waals surface area contributed by atoms with E-state index in [1.165, 1.54) is 0 Å². The molecule has 0 unspecified atom stereocenters. The van der Waals surface area contributed by atoms with Crippen molar-refractivity contribution in [2.24, 2.45) is 5.73 Å². The fourth-order valence-electron chi connectivity index (χ4n) is 1.35. The molecule has 0 atom stereocenters. The molecular weight excluding hydrogens is 256 g/mol. The molecule has 15 heavy (non-hydrogen) atoms. The van der Waals surface area contributed by atoms with E-state index in [-0.39, 0.29) is 0 Å². The third-order valence-corrected chi connectivity index (χ3v) is 3.09. The Kier molecular flexibility index (Phi) is 2.83. The van der Waals surface area contributed by atoms with Crippen LogP contribution >= 0.6 is 15.9 Å². The number of nitrogens with two attached hydrogens (primary N) is 1. The van der Waals surface area contributed by atoms with Crippen molar-refractivity contribution in [3.63, 3.8) is 0 Å². The number of benzene rings is 1. The van der Waals surface area contributed by atoms with Crippen molar-refractivity contribution in [3.05, 3.63) is 40.1 Å². The van der Waals surface area contributed by atoms with Crippen LogP contribution in [0.15, 0.2) is 28.9 Å². The topological polar surface area (TPSA) is 56.7 Å². The first-order chi connectivity index (χ1) is 7.22. The second-order valence-corrected chi connectivity index (χ2v) is 4.10. The van der Waals surface area contributed by atoms with Crippen molar-refractivity contribution in [3.8, 4) is 5.69 Å². The molecule has 0 fully saturated rings. The van der Waals surface area contributed by atoms with Gasteiger partial charge in [0.15, 0.2) is 0 Å². The fourth-order valence-corrected chi connectivity index (χ4v) is 1.71. The molecule has 4 nitrogen and oxygen atoms in total. The first-order valence-electron chi connectivity index (χ1n) is 4.59. The molecule has 2 N–H and O–H groups in total. The molecule has 1 heterocycles. The van der Waals surface area contributed by atoms with Gasteiger partial charge in [-0.2, -0.15) is 0 Å². The highest BCUT2D eigenvalue weighted by Crippen LogP contribution is 2.21. The smallest absolute Gasteiger partial charge is 0.0967 e. The van der Waals surface area contributed by atoms with Crippen LogP contribution in [0.1, 0.15) is 11.3 Å². The number of hydrogen-bond donors (Lipinski definition) is 1. The third kappa shape index (κ3) is 1.93. The van der Waals surface area contributed by atoms with Gasteiger partial charge in [0, 0.05) is 11.0 Å². The van der Waals surface area contributed by atoms with Crippen LogP contribution in [0.25, 0.3) is 5.69 Å². The average Bonchev–Trinajstić information content (AvgIpc) is 2.70. The summed E-state index contributed by atoms with van der Waals surface area (Å²) in [7, 11) is 0. The van der Waals surface area contributed by atoms with E-state index in [1.54, 1.807) is 4.68 Å². The lowest BCUT2D eigenvalue weighted by Gasteiger charge is -2.05. The summed E-state index contributed by atoms with van der Waals surface area (Å²) < 4.78 is 2.80. The van der Waals surface area contributed by atoms with Gasteiger partial charge in [-0.3, -0.25) is 0 Å². The summed E-state index contributed by atoms with van der Waals surface area (Å²) in [6, 6.07) is 5.96.